The lowest BCUT2D eigenvalue weighted by atomic mass is 9.59. The van der Waals surface area contributed by atoms with Gasteiger partial charge in [0.05, 0.1) is 16.4 Å². The highest BCUT2D eigenvalue weighted by Crippen LogP contribution is 2.61. The summed E-state index contributed by atoms with van der Waals surface area (Å²) in [5.74, 6) is 1.77. The van der Waals surface area contributed by atoms with Crippen LogP contribution in [0.1, 0.15) is 105 Å². The summed E-state index contributed by atoms with van der Waals surface area (Å²) < 4.78 is 24.1. The summed E-state index contributed by atoms with van der Waals surface area (Å²) in [7, 11) is 0. The summed E-state index contributed by atoms with van der Waals surface area (Å²) in [5, 5.41) is 8.97. The summed E-state index contributed by atoms with van der Waals surface area (Å²) in [6.45, 7) is 2.36. The molecule has 16 aromatic rings. The van der Waals surface area contributed by atoms with Gasteiger partial charge in [0.1, 0.15) is 33.5 Å². The first-order chi connectivity index (χ1) is 44.5. The first-order valence-electron chi connectivity index (χ1n) is 32.6. The zero-order valence-electron chi connectivity index (χ0n) is 49.9. The van der Waals surface area contributed by atoms with E-state index in [2.05, 4.69) is 242 Å². The van der Waals surface area contributed by atoms with Crippen molar-refractivity contribution in [2.24, 2.45) is 0 Å². The molecule has 5 aliphatic rings. The van der Waals surface area contributed by atoms with Gasteiger partial charge in [-0.2, -0.15) is 0 Å². The van der Waals surface area contributed by atoms with E-state index in [0.29, 0.717) is 17.8 Å². The van der Waals surface area contributed by atoms with Gasteiger partial charge in [-0.05, 0) is 236 Å². The maximum absolute atomic E-state index is 7.45. The molecule has 4 aromatic heterocycles. The molecule has 3 atom stereocenters. The second-order valence-corrected chi connectivity index (χ2v) is 26.7. The van der Waals surface area contributed by atoms with Crippen LogP contribution in [0.15, 0.2) is 238 Å². The average molecular weight is 1150 g/mol. The van der Waals surface area contributed by atoms with Gasteiger partial charge in [-0.15, -0.1) is 0 Å². The predicted octanol–water partition coefficient (Wildman–Crippen LogP) is 23.3. The summed E-state index contributed by atoms with van der Waals surface area (Å²) >= 11 is 0. The van der Waals surface area contributed by atoms with Crippen LogP contribution in [0.2, 0.25) is 0 Å². The van der Waals surface area contributed by atoms with E-state index in [1.807, 2.05) is 0 Å². The van der Waals surface area contributed by atoms with Crippen LogP contribution in [0.4, 0.5) is 0 Å². The molecule has 90 heavy (non-hydrogen) atoms. The fourth-order valence-corrected chi connectivity index (χ4v) is 17.7. The van der Waals surface area contributed by atoms with E-state index in [1.54, 1.807) is 5.56 Å². The normalized spacial score (nSPS) is 17.4. The van der Waals surface area contributed by atoms with Gasteiger partial charge in [-0.3, -0.25) is 0 Å². The Bertz CT molecular complexity index is 5890. The second kappa shape index (κ2) is 18.3. The molecule has 3 unspecified atom stereocenters. The molecule has 0 radical (unpaired) electrons. The molecular formula is C86H59NO3. The predicted molar refractivity (Wildman–Crippen MR) is 370 cm³/mol. The molecule has 2 saturated carbocycles. The molecule has 0 aliphatic heterocycles. The molecule has 0 N–H and O–H groups in total. The molecule has 0 spiro atoms. The fourth-order valence-electron chi connectivity index (χ4n) is 17.7. The number of aromatic nitrogens is 1. The Balaban J connectivity index is 0.780. The van der Waals surface area contributed by atoms with Crippen LogP contribution >= 0.6 is 0 Å². The van der Waals surface area contributed by atoms with Crippen LogP contribution in [0.25, 0.3) is 149 Å². The third-order valence-electron chi connectivity index (χ3n) is 22.0. The number of hydrogen-bond donors (Lipinski definition) is 0. The molecule has 0 amide bonds. The Labute approximate surface area is 519 Å². The minimum absolute atomic E-state index is 0.0373. The molecule has 4 heterocycles. The maximum Gasteiger partial charge on any atom is 0.145 e. The SMILES string of the molecule is Cc1c(-c2ccccc2C2CC2)ccc2c1-c1ccccc1C=C(c1ccc3oc4c(C5Cc6ccccc6-c6c(ccc7c6C6CCC6c6ccccc6-7)C5)c5oc6ccc(-n7c8ccccc8c8c9oc%10ccccc%10c9ccc87)cc6c5cc4c3c1)C2. The Morgan fingerprint density at radius 1 is 0.378 bits per heavy atom. The van der Waals surface area contributed by atoms with Crippen LogP contribution in [0, 0.1) is 6.92 Å². The van der Waals surface area contributed by atoms with E-state index >= 15 is 0 Å². The third kappa shape index (κ3) is 6.91. The fraction of sp³-hybridized carbons (Fsp3) is 0.140. The van der Waals surface area contributed by atoms with Crippen LogP contribution in [-0.4, -0.2) is 4.57 Å². The molecule has 4 nitrogen and oxygen atoms in total. The number of hydrogen-bond acceptors (Lipinski definition) is 3. The molecule has 0 bridgehead atoms. The molecule has 12 aromatic carbocycles. The number of rotatable bonds is 5. The highest BCUT2D eigenvalue weighted by Gasteiger charge is 2.43. The number of nitrogens with zero attached hydrogens (tertiary/aromatic N) is 1. The minimum atomic E-state index is 0.0373. The van der Waals surface area contributed by atoms with Crippen LogP contribution in [0.3, 0.4) is 0 Å². The van der Waals surface area contributed by atoms with Crippen LogP contribution in [0.5, 0.6) is 0 Å². The van der Waals surface area contributed by atoms with Crippen molar-refractivity contribution >= 4 is 99.3 Å². The van der Waals surface area contributed by atoms with Gasteiger partial charge in [-0.25, -0.2) is 0 Å². The van der Waals surface area contributed by atoms with Crippen molar-refractivity contribution in [3.63, 3.8) is 0 Å². The number of allylic oxidation sites excluding steroid dienone is 1. The summed E-state index contributed by atoms with van der Waals surface area (Å²) in [6, 6.07) is 84.4. The lowest BCUT2D eigenvalue weighted by Gasteiger charge is -2.44. The minimum Gasteiger partial charge on any atom is -0.456 e. The summed E-state index contributed by atoms with van der Waals surface area (Å²) in [6.07, 6.45) is 9.99. The van der Waals surface area contributed by atoms with Gasteiger partial charge in [0.15, 0.2) is 0 Å². The number of para-hydroxylation sites is 2. The van der Waals surface area contributed by atoms with E-state index in [0.717, 1.165) is 118 Å². The largest absolute Gasteiger partial charge is 0.456 e. The number of furan rings is 3. The quantitative estimate of drug-likeness (QED) is 0.172. The molecule has 2 fully saturated rings. The van der Waals surface area contributed by atoms with Crippen LogP contribution in [-0.2, 0) is 19.3 Å². The van der Waals surface area contributed by atoms with Gasteiger partial charge in [-0.1, -0.05) is 170 Å². The maximum atomic E-state index is 7.45. The molecular weight excluding hydrogens is 1090 g/mol. The lowest BCUT2D eigenvalue weighted by Crippen LogP contribution is -2.27. The molecule has 0 saturated heterocycles. The Hall–Kier alpha value is -10.4. The van der Waals surface area contributed by atoms with Crippen molar-refractivity contribution in [1.82, 2.24) is 4.57 Å². The number of benzene rings is 12. The van der Waals surface area contributed by atoms with Gasteiger partial charge in [0, 0.05) is 49.0 Å². The van der Waals surface area contributed by atoms with Gasteiger partial charge >= 0.3 is 0 Å². The van der Waals surface area contributed by atoms with Gasteiger partial charge in [0.25, 0.3) is 0 Å². The number of fused-ring (bicyclic) bond motifs is 26. The average Bonchev–Trinajstić information content (AvgIpc) is 1.32. The highest BCUT2D eigenvalue weighted by molar-refractivity contribution is 6.24. The summed E-state index contributed by atoms with van der Waals surface area (Å²) in [4.78, 5) is 0. The van der Waals surface area contributed by atoms with Gasteiger partial charge < -0.3 is 17.8 Å². The first-order valence-corrected chi connectivity index (χ1v) is 32.6. The van der Waals surface area contributed by atoms with Crippen molar-refractivity contribution in [2.75, 3.05) is 0 Å². The molecule has 21 rings (SSSR count). The third-order valence-corrected chi connectivity index (χ3v) is 22.0. The van der Waals surface area contributed by atoms with Gasteiger partial charge in [0.2, 0.25) is 0 Å². The Morgan fingerprint density at radius 3 is 1.87 bits per heavy atom. The topological polar surface area (TPSA) is 44.4 Å². The summed E-state index contributed by atoms with van der Waals surface area (Å²) in [5.41, 5.74) is 34.8. The molecule has 4 heteroatoms. The van der Waals surface area contributed by atoms with Crippen LogP contribution < -0.4 is 0 Å². The zero-order valence-corrected chi connectivity index (χ0v) is 49.9. The van der Waals surface area contributed by atoms with E-state index in [4.69, 9.17) is 13.3 Å². The highest BCUT2D eigenvalue weighted by atomic mass is 16.3. The second-order valence-electron chi connectivity index (χ2n) is 26.7. The molecule has 5 aliphatic carbocycles. The zero-order chi connectivity index (χ0) is 58.6. The van der Waals surface area contributed by atoms with E-state index in [9.17, 15) is 0 Å². The van der Waals surface area contributed by atoms with E-state index in [1.165, 1.54) is 120 Å². The first kappa shape index (κ1) is 49.6. The molecule has 426 valence electrons. The smallest absolute Gasteiger partial charge is 0.145 e. The Kier molecular flexibility index (Phi) is 10.1. The van der Waals surface area contributed by atoms with Crippen molar-refractivity contribution in [2.45, 2.75) is 75.5 Å². The van der Waals surface area contributed by atoms with E-state index in [-0.39, 0.29) is 5.92 Å². The Morgan fingerprint density at radius 2 is 1.03 bits per heavy atom. The lowest BCUT2D eigenvalue weighted by molar-refractivity contribution is 0.343. The van der Waals surface area contributed by atoms with Crippen molar-refractivity contribution in [1.29, 1.82) is 0 Å². The van der Waals surface area contributed by atoms with Crippen molar-refractivity contribution in [3.8, 4) is 50.2 Å². The van der Waals surface area contributed by atoms with Crippen molar-refractivity contribution < 1.29 is 13.3 Å². The standard InChI is InChI=1S/C86H59NO3/c1-47-57(61-19-7-6-16-58(61)48-26-27-48)32-28-52-42-54(40-50-14-2-4-17-59(50)79(47)52)49-30-38-77-70(44-49)72-46-73-71-45-56(87-74-24-12-10-23-69(74)83-75(87)37-36-68-65-22-11-13-25-76(65)88-84(68)83)31-39-78(71)90-86(73)81(85(72)89-77)55-41-51-15-3-5-18-60(51)80-53(43-55)29-33-66-63-21-9-8-20-62(63)64-34-35-67(64)82(66)80/h2-25,28-33,36-40,44-46,48,55,64,67H,26-27,34-35,41-43H2,1H3. The monoisotopic (exact) mass is 1150 g/mol. The van der Waals surface area contributed by atoms with E-state index < -0.39 is 0 Å². The van der Waals surface area contributed by atoms with Crippen molar-refractivity contribution in [3.05, 3.63) is 280 Å².